The molecule has 4 nitrogen and oxygen atoms in total. The second-order valence-corrected chi connectivity index (χ2v) is 15.4. The van der Waals surface area contributed by atoms with E-state index in [4.69, 9.17) is 13.8 Å². The number of hydrogen-bond donors (Lipinski definition) is 0. The van der Waals surface area contributed by atoms with Gasteiger partial charge < -0.3 is 13.7 Å². The van der Waals surface area contributed by atoms with Crippen LogP contribution in [0.15, 0.2) is 191 Å². The smallest absolute Gasteiger partial charge is 0.228 e. The van der Waals surface area contributed by atoms with Crippen LogP contribution in [0.1, 0.15) is 0 Å². The summed E-state index contributed by atoms with van der Waals surface area (Å²) >= 11 is 1.80. The fraction of sp³-hybridized carbons (Fsp3) is 0. The van der Waals surface area contributed by atoms with E-state index in [9.17, 15) is 0 Å². The number of aromatic nitrogens is 1. The molecule has 12 aromatic rings. The highest BCUT2D eigenvalue weighted by molar-refractivity contribution is 7.26. The molecule has 12 rings (SSSR count). The van der Waals surface area contributed by atoms with Gasteiger partial charge in [0.05, 0.1) is 0 Å². The van der Waals surface area contributed by atoms with Crippen LogP contribution in [-0.2, 0) is 0 Å². The third-order valence-electron chi connectivity index (χ3n) is 11.1. The minimum absolute atomic E-state index is 0.638. The van der Waals surface area contributed by atoms with E-state index in [0.29, 0.717) is 5.89 Å². The van der Waals surface area contributed by atoms with Gasteiger partial charge in [0.2, 0.25) is 5.89 Å². The Morgan fingerprint density at radius 3 is 2.07 bits per heavy atom. The lowest BCUT2D eigenvalue weighted by atomic mass is 10.0. The van der Waals surface area contributed by atoms with E-state index >= 15 is 0 Å². The SMILES string of the molecule is c1cc(-c2ccc3ccccc3c2)cc(N(c2ccc3c(c2)sc2cccc(-c4nc5c(ccc6ccccc65)o4)c23)c2ccc3oc4ccccc4c3c2)c1. The molecule has 5 heteroatoms. The molecule has 0 aliphatic rings. The molecule has 0 spiro atoms. The number of fused-ring (bicyclic) bond motifs is 10. The Labute approximate surface area is 325 Å². The maximum absolute atomic E-state index is 6.47. The van der Waals surface area contributed by atoms with Gasteiger partial charge in [-0.2, -0.15) is 0 Å². The van der Waals surface area contributed by atoms with Crippen molar-refractivity contribution in [1.29, 1.82) is 0 Å². The number of hydrogen-bond acceptors (Lipinski definition) is 5. The van der Waals surface area contributed by atoms with Crippen molar-refractivity contribution in [2.45, 2.75) is 0 Å². The second-order valence-electron chi connectivity index (χ2n) is 14.3. The molecule has 0 saturated carbocycles. The Kier molecular flexibility index (Phi) is 6.76. The molecule has 0 atom stereocenters. The molecule has 0 amide bonds. The zero-order valence-corrected chi connectivity index (χ0v) is 30.8. The summed E-state index contributed by atoms with van der Waals surface area (Å²) in [6, 6.07) is 64.6. The summed E-state index contributed by atoms with van der Waals surface area (Å²) < 4.78 is 15.1. The molecule has 0 N–H and O–H groups in total. The van der Waals surface area contributed by atoms with Crippen molar-refractivity contribution in [1.82, 2.24) is 4.98 Å². The number of thiophene rings is 1. The van der Waals surface area contributed by atoms with Crippen LogP contribution in [0, 0.1) is 0 Å². The van der Waals surface area contributed by atoms with Crippen LogP contribution in [0.5, 0.6) is 0 Å². The lowest BCUT2D eigenvalue weighted by molar-refractivity contribution is 0.621. The van der Waals surface area contributed by atoms with Crippen LogP contribution in [0.4, 0.5) is 17.1 Å². The average molecular weight is 735 g/mol. The first kappa shape index (κ1) is 31.2. The lowest BCUT2D eigenvalue weighted by Crippen LogP contribution is -2.09. The molecule has 262 valence electrons. The van der Waals surface area contributed by atoms with Gasteiger partial charge in [-0.05, 0) is 100 Å². The highest BCUT2D eigenvalue weighted by Crippen LogP contribution is 2.45. The number of oxazole rings is 1. The summed E-state index contributed by atoms with van der Waals surface area (Å²) in [4.78, 5) is 7.45. The maximum atomic E-state index is 6.47. The highest BCUT2D eigenvalue weighted by atomic mass is 32.1. The maximum Gasteiger partial charge on any atom is 0.228 e. The molecule has 0 aliphatic carbocycles. The topological polar surface area (TPSA) is 42.4 Å². The first-order valence-corrected chi connectivity index (χ1v) is 19.6. The molecule has 0 saturated heterocycles. The first-order valence-electron chi connectivity index (χ1n) is 18.8. The molecular formula is C51H30N2O2S. The normalized spacial score (nSPS) is 11.9. The van der Waals surface area contributed by atoms with E-state index in [0.717, 1.165) is 77.4 Å². The quantitative estimate of drug-likeness (QED) is 0.177. The zero-order valence-electron chi connectivity index (χ0n) is 29.9. The Morgan fingerprint density at radius 1 is 0.411 bits per heavy atom. The van der Waals surface area contributed by atoms with Crippen LogP contribution in [-0.4, -0.2) is 4.98 Å². The molecule has 3 heterocycles. The number of rotatable bonds is 5. The average Bonchev–Trinajstić information content (AvgIpc) is 3.97. The molecule has 0 fully saturated rings. The number of benzene rings is 9. The largest absolute Gasteiger partial charge is 0.456 e. The summed E-state index contributed by atoms with van der Waals surface area (Å²) in [6.45, 7) is 0. The van der Waals surface area contributed by atoms with E-state index in [-0.39, 0.29) is 0 Å². The van der Waals surface area contributed by atoms with Gasteiger partial charge in [-0.3, -0.25) is 0 Å². The van der Waals surface area contributed by atoms with Crippen LogP contribution in [0.3, 0.4) is 0 Å². The van der Waals surface area contributed by atoms with Crippen molar-refractivity contribution in [2.24, 2.45) is 0 Å². The number of furan rings is 1. The number of para-hydroxylation sites is 1. The molecule has 0 radical (unpaired) electrons. The Bertz CT molecular complexity index is 3520. The molecule has 56 heavy (non-hydrogen) atoms. The van der Waals surface area contributed by atoms with E-state index in [2.05, 4.69) is 169 Å². The van der Waals surface area contributed by atoms with Gasteiger partial charge in [-0.25, -0.2) is 4.98 Å². The zero-order chi connectivity index (χ0) is 36.7. The minimum atomic E-state index is 0.638. The minimum Gasteiger partial charge on any atom is -0.456 e. The van der Waals surface area contributed by atoms with Crippen LogP contribution in [0.2, 0.25) is 0 Å². The van der Waals surface area contributed by atoms with Gasteiger partial charge in [-0.15, -0.1) is 11.3 Å². The fourth-order valence-corrected chi connectivity index (χ4v) is 9.57. The highest BCUT2D eigenvalue weighted by Gasteiger charge is 2.20. The van der Waals surface area contributed by atoms with Crippen LogP contribution in [0.25, 0.3) is 97.3 Å². The standard InChI is InChI=1S/C51H30N2O2S/c1-2-11-33-27-35(20-19-31(33)9-1)34-12-7-13-36(28-34)53(37-23-26-45-43(29-37)40-15-5-6-17-44(40)54-45)38-22-24-41-48(30-38)56-47-18-8-16-42(49(41)47)51-52-50-39-14-4-3-10-32(39)21-25-46(50)55-51/h1-30H. The van der Waals surface area contributed by atoms with E-state index in [1.54, 1.807) is 11.3 Å². The Hall–Kier alpha value is -7.21. The summed E-state index contributed by atoms with van der Waals surface area (Å²) in [6.07, 6.45) is 0. The van der Waals surface area contributed by atoms with Crippen LogP contribution < -0.4 is 4.90 Å². The van der Waals surface area contributed by atoms with E-state index < -0.39 is 0 Å². The molecule has 0 aliphatic heterocycles. The lowest BCUT2D eigenvalue weighted by Gasteiger charge is -2.26. The van der Waals surface area contributed by atoms with Crippen molar-refractivity contribution in [3.05, 3.63) is 182 Å². The predicted molar refractivity (Wildman–Crippen MR) is 235 cm³/mol. The molecule has 0 bridgehead atoms. The van der Waals surface area contributed by atoms with Gasteiger partial charge >= 0.3 is 0 Å². The molecule has 0 unspecified atom stereocenters. The predicted octanol–water partition coefficient (Wildman–Crippen LogP) is 15.2. The summed E-state index contributed by atoms with van der Waals surface area (Å²) in [5.74, 6) is 0.638. The molecule has 3 aromatic heterocycles. The summed E-state index contributed by atoms with van der Waals surface area (Å²) in [5.41, 5.74) is 9.98. The Balaban J connectivity index is 1.03. The molecule has 9 aromatic carbocycles. The fourth-order valence-electron chi connectivity index (χ4n) is 8.40. The molecular weight excluding hydrogens is 705 g/mol. The van der Waals surface area contributed by atoms with Gasteiger partial charge in [-0.1, -0.05) is 109 Å². The van der Waals surface area contributed by atoms with Crippen molar-refractivity contribution in [3.63, 3.8) is 0 Å². The van der Waals surface area contributed by atoms with Gasteiger partial charge in [0, 0.05) is 59.0 Å². The van der Waals surface area contributed by atoms with Crippen LogP contribution >= 0.6 is 11.3 Å². The van der Waals surface area contributed by atoms with E-state index in [1.807, 2.05) is 18.2 Å². The van der Waals surface area contributed by atoms with Crippen molar-refractivity contribution in [2.75, 3.05) is 4.90 Å². The van der Waals surface area contributed by atoms with Gasteiger partial charge in [0.1, 0.15) is 16.7 Å². The second kappa shape index (κ2) is 12.2. The van der Waals surface area contributed by atoms with E-state index in [1.165, 1.54) is 31.1 Å². The van der Waals surface area contributed by atoms with Gasteiger partial charge in [0.25, 0.3) is 0 Å². The third-order valence-corrected chi connectivity index (χ3v) is 12.2. The van der Waals surface area contributed by atoms with Gasteiger partial charge in [0.15, 0.2) is 5.58 Å². The third kappa shape index (κ3) is 4.88. The Morgan fingerprint density at radius 2 is 1.12 bits per heavy atom. The van der Waals surface area contributed by atoms with Crippen molar-refractivity contribution in [3.8, 4) is 22.6 Å². The number of nitrogens with zero attached hydrogens (tertiary/aromatic N) is 2. The summed E-state index contributed by atoms with van der Waals surface area (Å²) in [7, 11) is 0. The van der Waals surface area contributed by atoms with Crippen molar-refractivity contribution < 1.29 is 8.83 Å². The summed E-state index contributed by atoms with van der Waals surface area (Å²) in [5, 5.41) is 9.24. The first-order chi connectivity index (χ1) is 27.7. The number of anilines is 3. The monoisotopic (exact) mass is 734 g/mol. The van der Waals surface area contributed by atoms with Crippen molar-refractivity contribution >= 4 is 103 Å².